The van der Waals surface area contributed by atoms with Crippen molar-refractivity contribution in [2.75, 3.05) is 6.54 Å². The number of amides is 1. The van der Waals surface area contributed by atoms with Crippen molar-refractivity contribution < 1.29 is 18.0 Å². The van der Waals surface area contributed by atoms with Gasteiger partial charge < -0.3 is 0 Å². The first-order chi connectivity index (χ1) is 7.94. The number of carbonyl (C=O) groups is 2. The Hall–Kier alpha value is -1.40. The van der Waals surface area contributed by atoms with Crippen LogP contribution in [0.25, 0.3) is 0 Å². The second kappa shape index (κ2) is 4.12. The fourth-order valence-corrected chi connectivity index (χ4v) is 3.30. The first-order valence-corrected chi connectivity index (χ1v) is 6.61. The van der Waals surface area contributed by atoms with Gasteiger partial charge in [-0.25, -0.2) is 12.7 Å². The van der Waals surface area contributed by atoms with Crippen LogP contribution in [0.5, 0.6) is 0 Å². The number of carbonyl (C=O) groups excluding carboxylic acids is 2. The fraction of sp³-hybridized carbons (Fsp3) is 0.200. The minimum atomic E-state index is -3.82. The van der Waals surface area contributed by atoms with E-state index in [4.69, 9.17) is 11.6 Å². The molecule has 1 aliphatic heterocycles. The zero-order valence-electron chi connectivity index (χ0n) is 8.59. The maximum absolute atomic E-state index is 12.0. The quantitative estimate of drug-likeness (QED) is 0.770. The molecule has 1 heterocycles. The van der Waals surface area contributed by atoms with E-state index in [0.29, 0.717) is 4.31 Å². The van der Waals surface area contributed by atoms with Crippen LogP contribution in [0.1, 0.15) is 16.8 Å². The van der Waals surface area contributed by atoms with Gasteiger partial charge in [0.25, 0.3) is 15.9 Å². The molecule has 0 N–H and O–H groups in total. The minimum Gasteiger partial charge on any atom is -0.281 e. The second-order valence-corrected chi connectivity index (χ2v) is 5.74. The number of nitrogens with zero attached hydrogens (tertiary/aromatic N) is 1. The Balaban J connectivity index is 2.41. The van der Waals surface area contributed by atoms with E-state index in [2.05, 4.69) is 0 Å². The number of hydrogen-bond acceptors (Lipinski definition) is 4. The Morgan fingerprint density at radius 3 is 2.53 bits per heavy atom. The Bertz CT molecular complexity index is 596. The lowest BCUT2D eigenvalue weighted by Crippen LogP contribution is -2.31. The van der Waals surface area contributed by atoms with Crippen LogP contribution in [-0.2, 0) is 14.8 Å². The summed E-state index contributed by atoms with van der Waals surface area (Å²) in [5.74, 6) is -0.612. The normalized spacial score (nSPS) is 17.0. The highest BCUT2D eigenvalue weighted by atomic mass is 35.5. The number of halogens is 1. The van der Waals surface area contributed by atoms with Gasteiger partial charge in [-0.15, -0.1) is 0 Å². The van der Waals surface area contributed by atoms with Crippen LogP contribution in [0.2, 0.25) is 0 Å². The van der Waals surface area contributed by atoms with Gasteiger partial charge in [0.1, 0.15) is 4.90 Å². The molecular weight excluding hydrogens is 266 g/mol. The maximum Gasteiger partial charge on any atom is 0.269 e. The summed E-state index contributed by atoms with van der Waals surface area (Å²) in [6, 6.07) is 5.94. The molecule has 5 nitrogen and oxygen atoms in total. The van der Waals surface area contributed by atoms with E-state index in [9.17, 15) is 18.0 Å². The summed E-state index contributed by atoms with van der Waals surface area (Å²) in [6.07, 6.45) is -0.194. The van der Waals surface area contributed by atoms with Crippen LogP contribution >= 0.6 is 11.6 Å². The van der Waals surface area contributed by atoms with Crippen LogP contribution in [0.3, 0.4) is 0 Å². The van der Waals surface area contributed by atoms with E-state index in [1.54, 1.807) is 12.1 Å². The predicted octanol–water partition coefficient (Wildman–Crippen LogP) is 0.987. The van der Waals surface area contributed by atoms with Crippen molar-refractivity contribution in [2.45, 2.75) is 11.3 Å². The molecule has 0 fully saturated rings. The van der Waals surface area contributed by atoms with Gasteiger partial charge in [-0.2, -0.15) is 0 Å². The Morgan fingerprint density at radius 2 is 1.94 bits per heavy atom. The molecule has 0 saturated carbocycles. The number of rotatable bonds is 3. The van der Waals surface area contributed by atoms with Crippen molar-refractivity contribution in [3.63, 3.8) is 0 Å². The molecule has 17 heavy (non-hydrogen) atoms. The predicted molar refractivity (Wildman–Crippen MR) is 60.1 cm³/mol. The van der Waals surface area contributed by atoms with Crippen LogP contribution in [0.4, 0.5) is 0 Å². The van der Waals surface area contributed by atoms with Crippen LogP contribution in [0, 0.1) is 0 Å². The highest BCUT2D eigenvalue weighted by molar-refractivity contribution is 7.90. The van der Waals surface area contributed by atoms with Crippen LogP contribution < -0.4 is 0 Å². The summed E-state index contributed by atoms with van der Waals surface area (Å²) < 4.78 is 24.6. The minimum absolute atomic E-state index is 0.0213. The zero-order chi connectivity index (χ0) is 12.6. The molecule has 0 unspecified atom stereocenters. The highest BCUT2D eigenvalue weighted by Gasteiger charge is 2.40. The summed E-state index contributed by atoms with van der Waals surface area (Å²) in [5, 5.41) is -0.677. The molecule has 90 valence electrons. The Morgan fingerprint density at radius 1 is 1.29 bits per heavy atom. The van der Waals surface area contributed by atoms with Gasteiger partial charge in [0.05, 0.1) is 5.56 Å². The fourth-order valence-electron chi connectivity index (χ4n) is 1.64. The van der Waals surface area contributed by atoms with Gasteiger partial charge in [0.2, 0.25) is 5.24 Å². The molecule has 0 atom stereocenters. The van der Waals surface area contributed by atoms with Crippen molar-refractivity contribution in [3.8, 4) is 0 Å². The Labute approximate surface area is 103 Å². The molecule has 0 radical (unpaired) electrons. The van der Waals surface area contributed by atoms with E-state index in [0.717, 1.165) is 0 Å². The first kappa shape index (κ1) is 12.1. The molecule has 2 rings (SSSR count). The second-order valence-electron chi connectivity index (χ2n) is 3.48. The summed E-state index contributed by atoms with van der Waals surface area (Å²) in [7, 11) is -3.82. The highest BCUT2D eigenvalue weighted by Crippen LogP contribution is 2.29. The number of fused-ring (bicyclic) bond motifs is 1. The third-order valence-electron chi connectivity index (χ3n) is 2.42. The zero-order valence-corrected chi connectivity index (χ0v) is 10.2. The van der Waals surface area contributed by atoms with Crippen LogP contribution in [0.15, 0.2) is 29.2 Å². The lowest BCUT2D eigenvalue weighted by Gasteiger charge is -2.13. The third kappa shape index (κ3) is 1.94. The van der Waals surface area contributed by atoms with Crippen molar-refractivity contribution in [2.24, 2.45) is 0 Å². The van der Waals surface area contributed by atoms with Gasteiger partial charge in [0.15, 0.2) is 0 Å². The van der Waals surface area contributed by atoms with Crippen molar-refractivity contribution in [1.82, 2.24) is 4.31 Å². The van der Waals surface area contributed by atoms with Gasteiger partial charge in [-0.3, -0.25) is 9.59 Å². The SMILES string of the molecule is O=C(Cl)CCN1C(=O)c2ccccc2S1(=O)=O. The Kier molecular flexibility index (Phi) is 2.92. The molecule has 0 aromatic heterocycles. The monoisotopic (exact) mass is 273 g/mol. The summed E-state index contributed by atoms with van der Waals surface area (Å²) in [5.41, 5.74) is 0.134. The number of hydrogen-bond donors (Lipinski definition) is 0. The summed E-state index contributed by atoms with van der Waals surface area (Å²) in [4.78, 5) is 22.4. The molecular formula is C10H8ClNO4S. The molecule has 0 bridgehead atoms. The maximum atomic E-state index is 12.0. The van der Waals surface area contributed by atoms with Gasteiger partial charge >= 0.3 is 0 Å². The van der Waals surface area contributed by atoms with Gasteiger partial charge in [-0.1, -0.05) is 12.1 Å². The molecule has 1 aromatic carbocycles. The lowest BCUT2D eigenvalue weighted by molar-refractivity contribution is -0.111. The molecule has 1 aromatic rings. The summed E-state index contributed by atoms with van der Waals surface area (Å²) >= 11 is 5.14. The smallest absolute Gasteiger partial charge is 0.269 e. The number of sulfonamides is 1. The van der Waals surface area contributed by atoms with E-state index >= 15 is 0 Å². The average Bonchev–Trinajstić information content (AvgIpc) is 2.46. The summed E-state index contributed by atoms with van der Waals surface area (Å²) in [6.45, 7) is -0.224. The standard InChI is InChI=1S/C10H8ClNO4S/c11-9(13)5-6-12-10(14)7-3-1-2-4-8(7)17(12,15)16/h1-4H,5-6H2. The molecule has 0 spiro atoms. The molecule has 1 amide bonds. The molecule has 7 heteroatoms. The van der Waals surface area contributed by atoms with Crippen molar-refractivity contribution in [1.29, 1.82) is 0 Å². The van der Waals surface area contributed by atoms with Gasteiger partial charge in [0, 0.05) is 13.0 Å². The first-order valence-electron chi connectivity index (χ1n) is 4.79. The van der Waals surface area contributed by atoms with E-state index in [1.165, 1.54) is 12.1 Å². The van der Waals surface area contributed by atoms with Crippen molar-refractivity contribution >= 4 is 32.8 Å². The van der Waals surface area contributed by atoms with Gasteiger partial charge in [-0.05, 0) is 23.7 Å². The van der Waals surface area contributed by atoms with Crippen molar-refractivity contribution in [3.05, 3.63) is 29.8 Å². The average molecular weight is 274 g/mol. The van der Waals surface area contributed by atoms with Crippen LogP contribution in [-0.4, -0.2) is 30.4 Å². The topological polar surface area (TPSA) is 71.5 Å². The third-order valence-corrected chi connectivity index (χ3v) is 4.45. The molecule has 1 aliphatic rings. The lowest BCUT2D eigenvalue weighted by atomic mass is 10.2. The molecule has 0 saturated heterocycles. The van der Waals surface area contributed by atoms with E-state index in [1.807, 2.05) is 0 Å². The van der Waals surface area contributed by atoms with E-state index < -0.39 is 21.2 Å². The number of benzene rings is 1. The van der Waals surface area contributed by atoms with E-state index in [-0.39, 0.29) is 23.4 Å². The molecule has 0 aliphatic carbocycles. The largest absolute Gasteiger partial charge is 0.281 e.